The molecule has 2 heterocycles. The fourth-order valence-corrected chi connectivity index (χ4v) is 2.85. The molecular weight excluding hydrogens is 320 g/mol. The first kappa shape index (κ1) is 17.4. The number of carbonyl (C=O) groups is 1. The number of nitrogens with zero attached hydrogens (tertiary/aromatic N) is 3. The molecule has 0 fully saturated rings. The lowest BCUT2D eigenvalue weighted by molar-refractivity contribution is -0.122. The molecule has 25 heavy (non-hydrogen) atoms. The lowest BCUT2D eigenvalue weighted by Gasteiger charge is -2.18. The van der Waals surface area contributed by atoms with Crippen molar-refractivity contribution in [2.45, 2.75) is 19.6 Å². The van der Waals surface area contributed by atoms with Crippen molar-refractivity contribution >= 4 is 5.91 Å². The smallest absolute Gasteiger partial charge is 0.234 e. The van der Waals surface area contributed by atoms with Gasteiger partial charge in [0.15, 0.2) is 0 Å². The molecule has 134 valence electrons. The van der Waals surface area contributed by atoms with Gasteiger partial charge in [-0.1, -0.05) is 18.2 Å². The maximum atomic E-state index is 12.3. The molecule has 0 saturated heterocycles. The summed E-state index contributed by atoms with van der Waals surface area (Å²) in [5, 5.41) is 2.97. The van der Waals surface area contributed by atoms with Gasteiger partial charge in [-0.2, -0.15) is 0 Å². The second-order valence-electron chi connectivity index (χ2n) is 6.01. The predicted octanol–water partition coefficient (Wildman–Crippen LogP) is 1.04. The van der Waals surface area contributed by atoms with Gasteiger partial charge >= 0.3 is 0 Å². The van der Waals surface area contributed by atoms with Crippen molar-refractivity contribution in [1.29, 1.82) is 0 Å². The van der Waals surface area contributed by atoms with Gasteiger partial charge in [0.1, 0.15) is 12.4 Å². The molecule has 1 aromatic heterocycles. The quantitative estimate of drug-likeness (QED) is 0.813. The minimum atomic E-state index is -0.00104. The maximum Gasteiger partial charge on any atom is 0.234 e. The molecule has 0 spiro atoms. The van der Waals surface area contributed by atoms with Crippen LogP contribution in [-0.4, -0.2) is 53.8 Å². The Morgan fingerprint density at radius 1 is 1.40 bits per heavy atom. The molecule has 0 bridgehead atoms. The summed E-state index contributed by atoms with van der Waals surface area (Å²) in [5.41, 5.74) is 2.08. The number of aromatic nitrogens is 2. The summed E-state index contributed by atoms with van der Waals surface area (Å²) in [6.07, 6.45) is 3.52. The van der Waals surface area contributed by atoms with Crippen LogP contribution < -0.4 is 10.1 Å². The first-order valence-electron chi connectivity index (χ1n) is 8.44. The number of benzene rings is 1. The number of hydrogen-bond donors (Lipinski definition) is 1. The van der Waals surface area contributed by atoms with Gasteiger partial charge < -0.3 is 19.4 Å². The third kappa shape index (κ3) is 4.80. The highest BCUT2D eigenvalue weighted by atomic mass is 16.5. The zero-order valence-corrected chi connectivity index (χ0v) is 14.5. The standard InChI is InChI=1S/C18H24N4O3/c1-24-8-7-22-14-19-10-16(22)11-20-18(23)13-21-6-9-25-17-5-3-2-4-15(17)12-21/h2-5,10,14H,6-9,11-13H2,1H3,(H,20,23). The topological polar surface area (TPSA) is 68.6 Å². The summed E-state index contributed by atoms with van der Waals surface area (Å²) in [6, 6.07) is 7.97. The number of hydrogen-bond acceptors (Lipinski definition) is 5. The minimum Gasteiger partial charge on any atom is -0.492 e. The van der Waals surface area contributed by atoms with E-state index in [1.165, 1.54) is 0 Å². The monoisotopic (exact) mass is 344 g/mol. The highest BCUT2D eigenvalue weighted by molar-refractivity contribution is 5.78. The van der Waals surface area contributed by atoms with Gasteiger partial charge in [0.25, 0.3) is 0 Å². The van der Waals surface area contributed by atoms with E-state index < -0.39 is 0 Å². The predicted molar refractivity (Wildman–Crippen MR) is 93.2 cm³/mol. The Hall–Kier alpha value is -2.38. The van der Waals surface area contributed by atoms with Gasteiger partial charge in [-0.25, -0.2) is 4.98 Å². The highest BCUT2D eigenvalue weighted by Crippen LogP contribution is 2.22. The molecular formula is C18H24N4O3. The molecule has 1 aliphatic rings. The van der Waals surface area contributed by atoms with Crippen LogP contribution in [0.15, 0.2) is 36.8 Å². The summed E-state index contributed by atoms with van der Waals surface area (Å²) in [4.78, 5) is 18.5. The lowest BCUT2D eigenvalue weighted by Crippen LogP contribution is -2.38. The van der Waals surface area contributed by atoms with Crippen molar-refractivity contribution < 1.29 is 14.3 Å². The van der Waals surface area contributed by atoms with Crippen LogP contribution in [0.1, 0.15) is 11.3 Å². The maximum absolute atomic E-state index is 12.3. The number of para-hydroxylation sites is 1. The summed E-state index contributed by atoms with van der Waals surface area (Å²) in [6.45, 7) is 4.19. The molecule has 1 aliphatic heterocycles. The van der Waals surface area contributed by atoms with Crippen molar-refractivity contribution in [1.82, 2.24) is 19.8 Å². The number of fused-ring (bicyclic) bond motifs is 1. The van der Waals surface area contributed by atoms with Gasteiger partial charge in [-0.15, -0.1) is 0 Å². The zero-order valence-electron chi connectivity index (χ0n) is 14.5. The molecule has 3 rings (SSSR count). The van der Waals surface area contributed by atoms with E-state index in [0.717, 1.165) is 36.6 Å². The van der Waals surface area contributed by atoms with Crippen LogP contribution in [0.3, 0.4) is 0 Å². The minimum absolute atomic E-state index is 0.00104. The van der Waals surface area contributed by atoms with Crippen LogP contribution in [0.25, 0.3) is 0 Å². The first-order chi connectivity index (χ1) is 12.3. The first-order valence-corrected chi connectivity index (χ1v) is 8.44. The summed E-state index contributed by atoms with van der Waals surface area (Å²) in [7, 11) is 1.67. The fourth-order valence-electron chi connectivity index (χ4n) is 2.85. The highest BCUT2D eigenvalue weighted by Gasteiger charge is 2.17. The van der Waals surface area contributed by atoms with Crippen LogP contribution in [0.2, 0.25) is 0 Å². The Kier molecular flexibility index (Phi) is 6.03. The van der Waals surface area contributed by atoms with E-state index in [2.05, 4.69) is 15.2 Å². The average Bonchev–Trinajstić information content (AvgIpc) is 2.96. The van der Waals surface area contributed by atoms with Gasteiger partial charge in [-0.3, -0.25) is 9.69 Å². The molecule has 1 aromatic carbocycles. The van der Waals surface area contributed by atoms with Crippen LogP contribution in [0.5, 0.6) is 5.75 Å². The van der Waals surface area contributed by atoms with Crippen molar-refractivity contribution in [3.63, 3.8) is 0 Å². The van der Waals surface area contributed by atoms with Gasteiger partial charge in [0.2, 0.25) is 5.91 Å². The Balaban J connectivity index is 1.50. The second kappa shape index (κ2) is 8.64. The van der Waals surface area contributed by atoms with Crippen molar-refractivity contribution in [3.8, 4) is 5.75 Å². The third-order valence-electron chi connectivity index (χ3n) is 4.20. The molecule has 7 heteroatoms. The molecule has 1 amide bonds. The van der Waals surface area contributed by atoms with E-state index in [0.29, 0.717) is 26.3 Å². The Bertz CT molecular complexity index is 701. The lowest BCUT2D eigenvalue weighted by atomic mass is 10.2. The summed E-state index contributed by atoms with van der Waals surface area (Å²) in [5.74, 6) is 0.909. The fraction of sp³-hybridized carbons (Fsp3) is 0.444. The number of rotatable bonds is 7. The molecule has 0 radical (unpaired) electrons. The number of methoxy groups -OCH3 is 1. The number of imidazole rings is 1. The Labute approximate surface area is 147 Å². The average molecular weight is 344 g/mol. The summed E-state index contributed by atoms with van der Waals surface area (Å²) >= 11 is 0. The van der Waals surface area contributed by atoms with Crippen molar-refractivity contribution in [2.75, 3.05) is 33.4 Å². The van der Waals surface area contributed by atoms with Gasteiger partial charge in [0.05, 0.1) is 31.7 Å². The van der Waals surface area contributed by atoms with Crippen molar-refractivity contribution in [2.24, 2.45) is 0 Å². The van der Waals surface area contributed by atoms with E-state index >= 15 is 0 Å². The third-order valence-corrected chi connectivity index (χ3v) is 4.20. The van der Waals surface area contributed by atoms with Crippen LogP contribution >= 0.6 is 0 Å². The molecule has 0 atom stereocenters. The number of carbonyl (C=O) groups excluding carboxylic acids is 1. The number of nitrogens with one attached hydrogen (secondary N) is 1. The molecule has 7 nitrogen and oxygen atoms in total. The molecule has 0 unspecified atom stereocenters. The van der Waals surface area contributed by atoms with E-state index in [4.69, 9.17) is 9.47 Å². The number of ether oxygens (including phenoxy) is 2. The van der Waals surface area contributed by atoms with E-state index in [-0.39, 0.29) is 5.91 Å². The summed E-state index contributed by atoms with van der Waals surface area (Å²) < 4.78 is 12.8. The molecule has 1 N–H and O–H groups in total. The normalized spacial score (nSPS) is 14.4. The van der Waals surface area contributed by atoms with E-state index in [1.807, 2.05) is 28.8 Å². The van der Waals surface area contributed by atoms with Crippen molar-refractivity contribution in [3.05, 3.63) is 48.0 Å². The Morgan fingerprint density at radius 3 is 3.16 bits per heavy atom. The van der Waals surface area contributed by atoms with Crippen LogP contribution in [0, 0.1) is 0 Å². The Morgan fingerprint density at radius 2 is 2.28 bits per heavy atom. The van der Waals surface area contributed by atoms with Crippen LogP contribution in [0.4, 0.5) is 0 Å². The van der Waals surface area contributed by atoms with Crippen LogP contribution in [-0.2, 0) is 29.2 Å². The van der Waals surface area contributed by atoms with E-state index in [1.54, 1.807) is 19.6 Å². The zero-order chi connectivity index (χ0) is 17.5. The van der Waals surface area contributed by atoms with Gasteiger partial charge in [0, 0.05) is 38.5 Å². The number of amides is 1. The SMILES string of the molecule is COCCn1cncc1CNC(=O)CN1CCOc2ccccc2C1. The molecule has 0 saturated carbocycles. The molecule has 0 aliphatic carbocycles. The van der Waals surface area contributed by atoms with Gasteiger partial charge in [-0.05, 0) is 6.07 Å². The molecule has 2 aromatic rings. The second-order valence-corrected chi connectivity index (χ2v) is 6.01. The largest absolute Gasteiger partial charge is 0.492 e. The van der Waals surface area contributed by atoms with E-state index in [9.17, 15) is 4.79 Å².